The molecule has 0 bridgehead atoms. The highest BCUT2D eigenvalue weighted by Gasteiger charge is 2.10. The number of aromatic nitrogens is 2. The Morgan fingerprint density at radius 1 is 1.38 bits per heavy atom. The Morgan fingerprint density at radius 2 is 2.19 bits per heavy atom. The van der Waals surface area contributed by atoms with Gasteiger partial charge in [0.25, 0.3) is 5.56 Å². The maximum absolute atomic E-state index is 12.0. The van der Waals surface area contributed by atoms with Crippen LogP contribution in [0.15, 0.2) is 28.5 Å². The average molecular weight is 230 g/mol. The largest absolute Gasteiger partial charge is 0.295 e. The lowest BCUT2D eigenvalue weighted by molar-refractivity contribution is 0.899. The second kappa shape index (κ2) is 3.15. The van der Waals surface area contributed by atoms with Gasteiger partial charge in [0.05, 0.1) is 10.1 Å². The fourth-order valence-corrected chi connectivity index (χ4v) is 2.86. The van der Waals surface area contributed by atoms with Crippen LogP contribution < -0.4 is 5.56 Å². The van der Waals surface area contributed by atoms with E-state index < -0.39 is 0 Å². The summed E-state index contributed by atoms with van der Waals surface area (Å²) < 4.78 is 2.65. The number of hydrogen-bond acceptors (Lipinski definition) is 3. The first-order chi connectivity index (χ1) is 7.68. The molecule has 16 heavy (non-hydrogen) atoms. The molecule has 0 aliphatic heterocycles. The first-order valence-corrected chi connectivity index (χ1v) is 5.89. The number of aryl methyl sites for hydroxylation is 2. The van der Waals surface area contributed by atoms with E-state index in [1.165, 1.54) is 0 Å². The van der Waals surface area contributed by atoms with Gasteiger partial charge in [0.2, 0.25) is 0 Å². The maximum atomic E-state index is 12.0. The van der Waals surface area contributed by atoms with Gasteiger partial charge in [-0.3, -0.25) is 9.36 Å². The molecule has 0 N–H and O–H groups in total. The van der Waals surface area contributed by atoms with Crippen LogP contribution in [0.5, 0.6) is 0 Å². The second-order valence-corrected chi connectivity index (χ2v) is 4.83. The third kappa shape index (κ3) is 1.13. The van der Waals surface area contributed by atoms with Crippen molar-refractivity contribution in [2.75, 3.05) is 0 Å². The summed E-state index contributed by atoms with van der Waals surface area (Å²) in [5.41, 5.74) is 1.89. The van der Waals surface area contributed by atoms with Crippen molar-refractivity contribution in [1.82, 2.24) is 9.55 Å². The summed E-state index contributed by atoms with van der Waals surface area (Å²) in [5.74, 6) is 0. The summed E-state index contributed by atoms with van der Waals surface area (Å²) in [5, 5.41) is 3.80. The van der Waals surface area contributed by atoms with Crippen molar-refractivity contribution >= 4 is 32.5 Å². The van der Waals surface area contributed by atoms with Gasteiger partial charge >= 0.3 is 0 Å². The molecule has 80 valence electrons. The van der Waals surface area contributed by atoms with Crippen molar-refractivity contribution in [3.05, 3.63) is 39.6 Å². The Labute approximate surface area is 96.0 Å². The summed E-state index contributed by atoms with van der Waals surface area (Å²) in [6.07, 6.45) is 1.79. The molecule has 0 amide bonds. The summed E-state index contributed by atoms with van der Waals surface area (Å²) >= 11 is 1.60. The zero-order valence-corrected chi connectivity index (χ0v) is 9.84. The summed E-state index contributed by atoms with van der Waals surface area (Å²) in [4.78, 5) is 16.4. The monoisotopic (exact) mass is 230 g/mol. The van der Waals surface area contributed by atoms with E-state index >= 15 is 0 Å². The van der Waals surface area contributed by atoms with Crippen molar-refractivity contribution in [3.8, 4) is 0 Å². The van der Waals surface area contributed by atoms with Crippen LogP contribution in [0.3, 0.4) is 0 Å². The van der Waals surface area contributed by atoms with Gasteiger partial charge in [0, 0.05) is 18.6 Å². The number of rotatable bonds is 0. The van der Waals surface area contributed by atoms with E-state index in [9.17, 15) is 4.79 Å². The fraction of sp³-hybridized carbons (Fsp3) is 0.167. The van der Waals surface area contributed by atoms with Gasteiger partial charge in [-0.1, -0.05) is 0 Å². The maximum Gasteiger partial charge on any atom is 0.260 e. The lowest BCUT2D eigenvalue weighted by Crippen LogP contribution is -2.17. The average Bonchev–Trinajstić information content (AvgIpc) is 2.75. The molecule has 0 saturated heterocycles. The lowest BCUT2D eigenvalue weighted by Gasteiger charge is -2.05. The SMILES string of the molecule is Cc1cnc2c(c1)c1sccc1c(=O)n2C. The van der Waals surface area contributed by atoms with Crippen LogP contribution in [0.2, 0.25) is 0 Å². The normalized spacial score (nSPS) is 11.4. The molecule has 3 heterocycles. The molecule has 3 nitrogen and oxygen atoms in total. The zero-order chi connectivity index (χ0) is 11.3. The van der Waals surface area contributed by atoms with E-state index in [4.69, 9.17) is 0 Å². The summed E-state index contributed by atoms with van der Waals surface area (Å²) in [7, 11) is 1.77. The Morgan fingerprint density at radius 3 is 3.00 bits per heavy atom. The molecule has 0 saturated carbocycles. The van der Waals surface area contributed by atoms with Crippen LogP contribution in [0.25, 0.3) is 21.1 Å². The number of thiophene rings is 1. The van der Waals surface area contributed by atoms with Crippen molar-refractivity contribution in [2.45, 2.75) is 6.92 Å². The molecule has 0 aliphatic rings. The van der Waals surface area contributed by atoms with E-state index in [-0.39, 0.29) is 5.56 Å². The molecule has 0 fully saturated rings. The van der Waals surface area contributed by atoms with Crippen molar-refractivity contribution in [1.29, 1.82) is 0 Å². The van der Waals surface area contributed by atoms with E-state index in [1.807, 2.05) is 18.4 Å². The van der Waals surface area contributed by atoms with Gasteiger partial charge in [-0.25, -0.2) is 4.98 Å². The highest BCUT2D eigenvalue weighted by molar-refractivity contribution is 7.18. The predicted molar refractivity (Wildman–Crippen MR) is 67.1 cm³/mol. The number of pyridine rings is 2. The van der Waals surface area contributed by atoms with E-state index in [0.717, 1.165) is 26.7 Å². The fourth-order valence-electron chi connectivity index (χ4n) is 1.96. The molecular formula is C12H10N2OS. The van der Waals surface area contributed by atoms with E-state index in [0.29, 0.717) is 0 Å². The first-order valence-electron chi connectivity index (χ1n) is 5.01. The van der Waals surface area contributed by atoms with Crippen LogP contribution in [-0.2, 0) is 7.05 Å². The van der Waals surface area contributed by atoms with Gasteiger partial charge in [0.15, 0.2) is 0 Å². The van der Waals surface area contributed by atoms with Gasteiger partial charge in [0.1, 0.15) is 5.65 Å². The topological polar surface area (TPSA) is 34.9 Å². The van der Waals surface area contributed by atoms with E-state index in [2.05, 4.69) is 11.1 Å². The Bertz CT molecular complexity index is 755. The zero-order valence-electron chi connectivity index (χ0n) is 9.02. The van der Waals surface area contributed by atoms with Gasteiger partial charge in [-0.15, -0.1) is 11.3 Å². The molecule has 3 aromatic heterocycles. The Hall–Kier alpha value is -1.68. The molecule has 0 radical (unpaired) electrons. The predicted octanol–water partition coefficient (Wildman–Crippen LogP) is 2.46. The van der Waals surface area contributed by atoms with Crippen LogP contribution in [0.1, 0.15) is 5.56 Å². The van der Waals surface area contributed by atoms with Gasteiger partial charge in [-0.2, -0.15) is 0 Å². The highest BCUT2D eigenvalue weighted by atomic mass is 32.1. The molecule has 3 rings (SSSR count). The minimum Gasteiger partial charge on any atom is -0.295 e. The van der Waals surface area contributed by atoms with Crippen LogP contribution in [0, 0.1) is 6.92 Å². The Kier molecular flexibility index (Phi) is 1.88. The minimum absolute atomic E-state index is 0.0279. The smallest absolute Gasteiger partial charge is 0.260 e. The standard InChI is InChI=1S/C12H10N2OS/c1-7-5-9-10-8(3-4-16-10)12(15)14(2)11(9)13-6-7/h3-6H,1-2H3. The summed E-state index contributed by atoms with van der Waals surface area (Å²) in [6.45, 7) is 2.01. The van der Waals surface area contributed by atoms with Crippen molar-refractivity contribution in [2.24, 2.45) is 7.05 Å². The van der Waals surface area contributed by atoms with Crippen molar-refractivity contribution in [3.63, 3.8) is 0 Å². The lowest BCUT2D eigenvalue weighted by atomic mass is 10.2. The minimum atomic E-state index is 0.0279. The van der Waals surface area contributed by atoms with Crippen molar-refractivity contribution < 1.29 is 0 Å². The quantitative estimate of drug-likeness (QED) is 0.594. The first kappa shape index (κ1) is 9.54. The molecule has 3 aromatic rings. The van der Waals surface area contributed by atoms with Crippen LogP contribution in [-0.4, -0.2) is 9.55 Å². The van der Waals surface area contributed by atoms with Gasteiger partial charge < -0.3 is 0 Å². The Balaban J connectivity index is 2.72. The molecule has 4 heteroatoms. The number of nitrogens with zero attached hydrogens (tertiary/aromatic N) is 2. The molecule has 0 unspecified atom stereocenters. The molecule has 0 aromatic carbocycles. The molecule has 0 spiro atoms. The summed E-state index contributed by atoms with van der Waals surface area (Å²) in [6, 6.07) is 3.96. The number of fused-ring (bicyclic) bond motifs is 3. The van der Waals surface area contributed by atoms with Crippen LogP contribution in [0.4, 0.5) is 0 Å². The van der Waals surface area contributed by atoms with Gasteiger partial charge in [-0.05, 0) is 30.0 Å². The molecule has 0 atom stereocenters. The van der Waals surface area contributed by atoms with Crippen LogP contribution >= 0.6 is 11.3 Å². The highest BCUT2D eigenvalue weighted by Crippen LogP contribution is 2.26. The number of hydrogen-bond donors (Lipinski definition) is 0. The third-order valence-electron chi connectivity index (χ3n) is 2.77. The second-order valence-electron chi connectivity index (χ2n) is 3.91. The molecule has 0 aliphatic carbocycles. The third-order valence-corrected chi connectivity index (χ3v) is 3.71. The molecular weight excluding hydrogens is 220 g/mol. The van der Waals surface area contributed by atoms with E-state index in [1.54, 1.807) is 29.1 Å².